The van der Waals surface area contributed by atoms with Crippen LogP contribution in [0.15, 0.2) is 0 Å². The van der Waals surface area contributed by atoms with Crippen LogP contribution in [0, 0.1) is 5.92 Å². The van der Waals surface area contributed by atoms with Gasteiger partial charge in [-0.3, -0.25) is 4.90 Å². The van der Waals surface area contributed by atoms with E-state index in [0.29, 0.717) is 0 Å². The summed E-state index contributed by atoms with van der Waals surface area (Å²) in [5, 5.41) is 0. The molecule has 1 aliphatic carbocycles. The average Bonchev–Trinajstić information content (AvgIpc) is 2.66. The minimum Gasteiger partial charge on any atom is -0.298 e. The van der Waals surface area contributed by atoms with Gasteiger partial charge in [0, 0.05) is 18.6 Å². The number of hydrogen-bond acceptors (Lipinski definition) is 1. The molecule has 0 bridgehead atoms. The van der Waals surface area contributed by atoms with Crippen LogP contribution in [0.1, 0.15) is 33.1 Å². The molecular weight excluding hydrogens is 122 g/mol. The minimum absolute atomic E-state index is 0.885. The predicted molar refractivity (Wildman–Crippen MR) is 43.0 cm³/mol. The molecule has 2 rings (SSSR count). The van der Waals surface area contributed by atoms with Gasteiger partial charge in [0.05, 0.1) is 0 Å². The summed E-state index contributed by atoms with van der Waals surface area (Å²) in [5.74, 6) is 1.07. The molecule has 1 aliphatic heterocycles. The van der Waals surface area contributed by atoms with Gasteiger partial charge in [-0.1, -0.05) is 0 Å². The molecule has 0 N–H and O–H groups in total. The third kappa shape index (κ3) is 1.07. The zero-order chi connectivity index (χ0) is 7.14. The van der Waals surface area contributed by atoms with Gasteiger partial charge in [-0.2, -0.15) is 0 Å². The van der Waals surface area contributed by atoms with Crippen LogP contribution in [-0.2, 0) is 0 Å². The zero-order valence-electron chi connectivity index (χ0n) is 7.01. The third-order valence-electron chi connectivity index (χ3n) is 2.98. The van der Waals surface area contributed by atoms with Crippen molar-refractivity contribution in [2.45, 2.75) is 45.2 Å². The van der Waals surface area contributed by atoms with E-state index in [1.165, 1.54) is 25.8 Å². The zero-order valence-corrected chi connectivity index (χ0v) is 7.01. The Kier molecular flexibility index (Phi) is 1.48. The van der Waals surface area contributed by atoms with Crippen LogP contribution in [0.3, 0.4) is 0 Å². The van der Waals surface area contributed by atoms with Crippen LogP contribution in [0.5, 0.6) is 0 Å². The monoisotopic (exact) mass is 139 g/mol. The fourth-order valence-corrected chi connectivity index (χ4v) is 2.02. The maximum Gasteiger partial charge on any atom is 0.00846 e. The smallest absolute Gasteiger partial charge is 0.00846 e. The van der Waals surface area contributed by atoms with Crippen LogP contribution < -0.4 is 0 Å². The molecule has 58 valence electrons. The largest absolute Gasteiger partial charge is 0.298 e. The summed E-state index contributed by atoms with van der Waals surface area (Å²) in [5.41, 5.74) is 0. The Labute approximate surface area is 63.4 Å². The predicted octanol–water partition coefficient (Wildman–Crippen LogP) is 1.88. The summed E-state index contributed by atoms with van der Waals surface area (Å²) in [6, 6.07) is 1.77. The van der Waals surface area contributed by atoms with Gasteiger partial charge in [0.1, 0.15) is 0 Å². The highest BCUT2D eigenvalue weighted by molar-refractivity contribution is 4.90. The summed E-state index contributed by atoms with van der Waals surface area (Å²) in [6.45, 7) is 6.09. The lowest BCUT2D eigenvalue weighted by Gasteiger charge is -2.45. The molecule has 2 unspecified atom stereocenters. The van der Waals surface area contributed by atoms with E-state index in [2.05, 4.69) is 18.7 Å². The first-order valence-corrected chi connectivity index (χ1v) is 4.53. The van der Waals surface area contributed by atoms with Crippen molar-refractivity contribution in [2.75, 3.05) is 6.54 Å². The quantitative estimate of drug-likeness (QED) is 0.564. The first-order chi connectivity index (χ1) is 4.77. The molecule has 2 fully saturated rings. The van der Waals surface area contributed by atoms with Crippen molar-refractivity contribution in [3.8, 4) is 0 Å². The summed E-state index contributed by atoms with van der Waals surface area (Å²) in [6.07, 6.45) is 4.42. The van der Waals surface area contributed by atoms with Crippen molar-refractivity contribution in [2.24, 2.45) is 5.92 Å². The van der Waals surface area contributed by atoms with Gasteiger partial charge in [-0.25, -0.2) is 0 Å². The van der Waals surface area contributed by atoms with Crippen LogP contribution in [0.2, 0.25) is 0 Å². The molecule has 1 heteroatoms. The molecule has 10 heavy (non-hydrogen) atoms. The van der Waals surface area contributed by atoms with Crippen molar-refractivity contribution in [1.82, 2.24) is 4.90 Å². The Morgan fingerprint density at radius 1 is 1.20 bits per heavy atom. The molecule has 0 aromatic carbocycles. The highest BCUT2D eigenvalue weighted by atomic mass is 15.2. The van der Waals surface area contributed by atoms with Gasteiger partial charge >= 0.3 is 0 Å². The summed E-state index contributed by atoms with van der Waals surface area (Å²) in [7, 11) is 0. The second kappa shape index (κ2) is 2.23. The maximum absolute atomic E-state index is 2.65. The lowest BCUT2D eigenvalue weighted by atomic mass is 9.95. The van der Waals surface area contributed by atoms with Gasteiger partial charge in [0.25, 0.3) is 0 Å². The molecule has 1 heterocycles. The molecular formula is C9H17N. The standard InChI is InChI=1S/C9H17N/c1-7-5-8(2)10(7)6-9-3-4-9/h7-9H,3-6H2,1-2H3. The summed E-state index contributed by atoms with van der Waals surface area (Å²) < 4.78 is 0. The first-order valence-electron chi connectivity index (χ1n) is 4.53. The highest BCUT2D eigenvalue weighted by Gasteiger charge is 2.35. The van der Waals surface area contributed by atoms with Crippen molar-refractivity contribution in [3.63, 3.8) is 0 Å². The molecule has 2 atom stereocenters. The third-order valence-corrected chi connectivity index (χ3v) is 2.98. The lowest BCUT2D eigenvalue weighted by Crippen LogP contribution is -2.53. The van der Waals surface area contributed by atoms with E-state index in [4.69, 9.17) is 0 Å². The van der Waals surface area contributed by atoms with Gasteiger partial charge in [-0.15, -0.1) is 0 Å². The number of rotatable bonds is 2. The fraction of sp³-hybridized carbons (Fsp3) is 1.00. The van der Waals surface area contributed by atoms with E-state index in [1.54, 1.807) is 0 Å². The summed E-state index contributed by atoms with van der Waals surface area (Å²) in [4.78, 5) is 2.65. The Morgan fingerprint density at radius 3 is 2.20 bits per heavy atom. The molecule has 1 nitrogen and oxygen atoms in total. The number of hydrogen-bond donors (Lipinski definition) is 0. The van der Waals surface area contributed by atoms with Crippen molar-refractivity contribution >= 4 is 0 Å². The van der Waals surface area contributed by atoms with Crippen molar-refractivity contribution in [1.29, 1.82) is 0 Å². The number of nitrogens with zero attached hydrogens (tertiary/aromatic N) is 1. The second-order valence-electron chi connectivity index (χ2n) is 4.07. The van der Waals surface area contributed by atoms with E-state index >= 15 is 0 Å². The van der Waals surface area contributed by atoms with Gasteiger partial charge in [-0.05, 0) is 39.0 Å². The fourth-order valence-electron chi connectivity index (χ4n) is 2.02. The average molecular weight is 139 g/mol. The first kappa shape index (κ1) is 6.66. The van der Waals surface area contributed by atoms with Gasteiger partial charge in [0.2, 0.25) is 0 Å². The Bertz CT molecular complexity index is 121. The van der Waals surface area contributed by atoms with Crippen LogP contribution in [0.25, 0.3) is 0 Å². The van der Waals surface area contributed by atoms with Crippen LogP contribution >= 0.6 is 0 Å². The normalized spacial score (nSPS) is 41.4. The Morgan fingerprint density at radius 2 is 1.80 bits per heavy atom. The molecule has 0 spiro atoms. The Hall–Kier alpha value is -0.0400. The molecule has 0 amide bonds. The lowest BCUT2D eigenvalue weighted by molar-refractivity contribution is 0.0333. The summed E-state index contributed by atoms with van der Waals surface area (Å²) >= 11 is 0. The van der Waals surface area contributed by atoms with E-state index in [9.17, 15) is 0 Å². The van der Waals surface area contributed by atoms with Crippen molar-refractivity contribution in [3.05, 3.63) is 0 Å². The van der Waals surface area contributed by atoms with E-state index in [1.807, 2.05) is 0 Å². The second-order valence-corrected chi connectivity index (χ2v) is 4.07. The van der Waals surface area contributed by atoms with Gasteiger partial charge < -0.3 is 0 Å². The minimum atomic E-state index is 0.885. The SMILES string of the molecule is CC1CC(C)N1CC1CC1. The van der Waals surface area contributed by atoms with E-state index < -0.39 is 0 Å². The Balaban J connectivity index is 1.79. The number of likely N-dealkylation sites (tertiary alicyclic amines) is 1. The van der Waals surface area contributed by atoms with Crippen LogP contribution in [0.4, 0.5) is 0 Å². The molecule has 0 aromatic heterocycles. The topological polar surface area (TPSA) is 3.24 Å². The molecule has 2 aliphatic rings. The molecule has 1 saturated heterocycles. The molecule has 0 aromatic rings. The molecule has 1 saturated carbocycles. The maximum atomic E-state index is 2.65. The van der Waals surface area contributed by atoms with E-state index in [0.717, 1.165) is 18.0 Å². The van der Waals surface area contributed by atoms with Crippen LogP contribution in [-0.4, -0.2) is 23.5 Å². The van der Waals surface area contributed by atoms with Crippen molar-refractivity contribution < 1.29 is 0 Å². The van der Waals surface area contributed by atoms with Gasteiger partial charge in [0.15, 0.2) is 0 Å². The molecule has 0 radical (unpaired) electrons. The van der Waals surface area contributed by atoms with E-state index in [-0.39, 0.29) is 0 Å². The highest BCUT2D eigenvalue weighted by Crippen LogP contribution is 2.34.